The van der Waals surface area contributed by atoms with Crippen LogP contribution in [0.5, 0.6) is 0 Å². The smallest absolute Gasteiger partial charge is 0.406 e. The highest BCUT2D eigenvalue weighted by atomic mass is 19.4. The number of furan rings is 1. The molecule has 0 spiro atoms. The summed E-state index contributed by atoms with van der Waals surface area (Å²) in [5, 5.41) is 0. The molecule has 0 radical (unpaired) electrons. The Morgan fingerprint density at radius 3 is 2.59 bits per heavy atom. The van der Waals surface area contributed by atoms with E-state index in [-0.39, 0.29) is 18.8 Å². The quantitative estimate of drug-likeness (QED) is 0.882. The third-order valence-corrected chi connectivity index (χ3v) is 2.11. The highest BCUT2D eigenvalue weighted by molar-refractivity contribution is 5.92. The Bertz CT molecular complexity index is 387. The van der Waals surface area contributed by atoms with E-state index in [1.165, 1.54) is 12.3 Å². The van der Waals surface area contributed by atoms with Crippen molar-refractivity contribution in [3.8, 4) is 0 Å². The van der Waals surface area contributed by atoms with Crippen LogP contribution in [0.1, 0.15) is 16.1 Å². The summed E-state index contributed by atoms with van der Waals surface area (Å²) >= 11 is 0. The van der Waals surface area contributed by atoms with Gasteiger partial charge < -0.3 is 15.1 Å². The minimum Gasteiger partial charge on any atom is -0.459 e. The summed E-state index contributed by atoms with van der Waals surface area (Å²) in [6.07, 6.45) is -3.19. The fourth-order valence-electron chi connectivity index (χ4n) is 1.36. The number of nitrogens with zero attached hydrogens (tertiary/aromatic N) is 1. The fraction of sp³-hybridized carbons (Fsp3) is 0.500. The molecule has 0 saturated carbocycles. The van der Waals surface area contributed by atoms with Crippen LogP contribution in [0.25, 0.3) is 0 Å². The highest BCUT2D eigenvalue weighted by Gasteiger charge is 2.34. The van der Waals surface area contributed by atoms with E-state index < -0.39 is 18.6 Å². The van der Waals surface area contributed by atoms with Crippen LogP contribution in [0.2, 0.25) is 0 Å². The average molecular weight is 250 g/mol. The number of aryl methyl sites for hydroxylation is 1. The standard InChI is InChI=1S/C10H13F3N2O2/c1-7-2-5-17-8(7)9(16)15(4-3-14)6-10(11,12)13/h2,5H,3-4,6,14H2,1H3. The molecule has 0 aliphatic carbocycles. The van der Waals surface area contributed by atoms with Gasteiger partial charge in [0.15, 0.2) is 5.76 Å². The van der Waals surface area contributed by atoms with E-state index in [9.17, 15) is 18.0 Å². The van der Waals surface area contributed by atoms with Crippen LogP contribution in [0.4, 0.5) is 13.2 Å². The summed E-state index contributed by atoms with van der Waals surface area (Å²) in [6, 6.07) is 1.52. The molecule has 0 aliphatic rings. The molecule has 7 heteroatoms. The van der Waals surface area contributed by atoms with Crippen LogP contribution < -0.4 is 5.73 Å². The normalized spacial score (nSPS) is 11.6. The lowest BCUT2D eigenvalue weighted by Crippen LogP contribution is -2.41. The number of carbonyl (C=O) groups excluding carboxylic acids is 1. The third-order valence-electron chi connectivity index (χ3n) is 2.11. The molecule has 96 valence electrons. The zero-order chi connectivity index (χ0) is 13.1. The minimum absolute atomic E-state index is 0.0401. The Balaban J connectivity index is 2.84. The first-order valence-corrected chi connectivity index (χ1v) is 4.95. The van der Waals surface area contributed by atoms with E-state index >= 15 is 0 Å². The molecule has 0 fully saturated rings. The van der Waals surface area contributed by atoms with Crippen LogP contribution in [-0.4, -0.2) is 36.6 Å². The van der Waals surface area contributed by atoms with Crippen molar-refractivity contribution in [2.75, 3.05) is 19.6 Å². The van der Waals surface area contributed by atoms with Gasteiger partial charge in [0.05, 0.1) is 6.26 Å². The van der Waals surface area contributed by atoms with E-state index in [4.69, 9.17) is 10.2 Å². The van der Waals surface area contributed by atoms with Gasteiger partial charge in [-0.25, -0.2) is 0 Å². The maximum absolute atomic E-state index is 12.3. The molecule has 0 bridgehead atoms. The fourth-order valence-corrected chi connectivity index (χ4v) is 1.36. The van der Waals surface area contributed by atoms with E-state index in [1.54, 1.807) is 6.92 Å². The third kappa shape index (κ3) is 3.77. The van der Waals surface area contributed by atoms with Gasteiger partial charge in [0, 0.05) is 18.7 Å². The monoisotopic (exact) mass is 250 g/mol. The van der Waals surface area contributed by atoms with E-state index in [0.29, 0.717) is 10.5 Å². The van der Waals surface area contributed by atoms with Crippen LogP contribution in [0.15, 0.2) is 16.7 Å². The summed E-state index contributed by atoms with van der Waals surface area (Å²) in [7, 11) is 0. The molecule has 0 unspecified atom stereocenters. The Labute approximate surface area is 96.2 Å². The SMILES string of the molecule is Cc1ccoc1C(=O)N(CCN)CC(F)(F)F. The zero-order valence-electron chi connectivity index (χ0n) is 9.25. The summed E-state index contributed by atoms with van der Waals surface area (Å²) in [5.74, 6) is -0.877. The van der Waals surface area contributed by atoms with Crippen molar-refractivity contribution in [1.29, 1.82) is 0 Å². The number of hydrogen-bond acceptors (Lipinski definition) is 3. The lowest BCUT2D eigenvalue weighted by atomic mass is 10.2. The van der Waals surface area contributed by atoms with Crippen molar-refractivity contribution >= 4 is 5.91 Å². The molecule has 1 amide bonds. The first-order valence-electron chi connectivity index (χ1n) is 4.95. The molecule has 0 saturated heterocycles. The zero-order valence-corrected chi connectivity index (χ0v) is 9.25. The highest BCUT2D eigenvalue weighted by Crippen LogP contribution is 2.19. The average Bonchev–Trinajstić information content (AvgIpc) is 2.61. The number of rotatable bonds is 4. The van der Waals surface area contributed by atoms with Crippen LogP contribution in [0.3, 0.4) is 0 Å². The lowest BCUT2D eigenvalue weighted by Gasteiger charge is -2.22. The molecule has 0 atom stereocenters. The second-order valence-electron chi connectivity index (χ2n) is 3.56. The van der Waals surface area contributed by atoms with Crippen molar-refractivity contribution < 1.29 is 22.4 Å². The van der Waals surface area contributed by atoms with Crippen molar-refractivity contribution in [2.45, 2.75) is 13.1 Å². The molecule has 1 aromatic rings. The van der Waals surface area contributed by atoms with Gasteiger partial charge in [-0.15, -0.1) is 0 Å². The van der Waals surface area contributed by atoms with Crippen LogP contribution in [0, 0.1) is 6.92 Å². The lowest BCUT2D eigenvalue weighted by molar-refractivity contribution is -0.140. The summed E-state index contributed by atoms with van der Waals surface area (Å²) in [4.78, 5) is 12.4. The summed E-state index contributed by atoms with van der Waals surface area (Å²) in [6.45, 7) is 0.0498. The first kappa shape index (κ1) is 13.6. The molecule has 1 heterocycles. The van der Waals surface area contributed by atoms with Gasteiger partial charge in [-0.1, -0.05) is 0 Å². The predicted molar refractivity (Wildman–Crippen MR) is 54.5 cm³/mol. The van der Waals surface area contributed by atoms with Gasteiger partial charge >= 0.3 is 6.18 Å². The molecule has 2 N–H and O–H groups in total. The molecule has 17 heavy (non-hydrogen) atoms. The minimum atomic E-state index is -4.45. The number of carbonyl (C=O) groups is 1. The second-order valence-corrected chi connectivity index (χ2v) is 3.56. The largest absolute Gasteiger partial charge is 0.459 e. The Hall–Kier alpha value is -1.50. The maximum atomic E-state index is 12.3. The number of alkyl halides is 3. The molecule has 0 aromatic carbocycles. The van der Waals surface area contributed by atoms with E-state index in [1.807, 2.05) is 0 Å². The van der Waals surface area contributed by atoms with E-state index in [0.717, 1.165) is 0 Å². The van der Waals surface area contributed by atoms with Crippen LogP contribution in [-0.2, 0) is 0 Å². The Kier molecular flexibility index (Phi) is 4.17. The van der Waals surface area contributed by atoms with Crippen molar-refractivity contribution in [3.05, 3.63) is 23.7 Å². The Morgan fingerprint density at radius 1 is 1.53 bits per heavy atom. The predicted octanol–water partition coefficient (Wildman–Crippen LogP) is 1.55. The molecule has 1 aromatic heterocycles. The topological polar surface area (TPSA) is 59.5 Å². The molecule has 0 aliphatic heterocycles. The second kappa shape index (κ2) is 5.22. The number of halogens is 3. The molecular formula is C10H13F3N2O2. The van der Waals surface area contributed by atoms with Crippen molar-refractivity contribution in [2.24, 2.45) is 5.73 Å². The van der Waals surface area contributed by atoms with Gasteiger partial charge in [0.2, 0.25) is 0 Å². The number of nitrogens with two attached hydrogens (primary N) is 1. The van der Waals surface area contributed by atoms with Crippen molar-refractivity contribution in [3.63, 3.8) is 0 Å². The summed E-state index contributed by atoms with van der Waals surface area (Å²) in [5.41, 5.74) is 5.68. The van der Waals surface area contributed by atoms with E-state index in [2.05, 4.69) is 0 Å². The van der Waals surface area contributed by atoms with Gasteiger partial charge in [0.25, 0.3) is 5.91 Å². The number of amides is 1. The van der Waals surface area contributed by atoms with Gasteiger partial charge in [-0.3, -0.25) is 4.79 Å². The molecule has 1 rings (SSSR count). The maximum Gasteiger partial charge on any atom is 0.406 e. The molecular weight excluding hydrogens is 237 g/mol. The van der Waals surface area contributed by atoms with Gasteiger partial charge in [0.1, 0.15) is 6.54 Å². The van der Waals surface area contributed by atoms with Gasteiger partial charge in [-0.05, 0) is 13.0 Å². The Morgan fingerprint density at radius 2 is 2.18 bits per heavy atom. The van der Waals surface area contributed by atoms with Crippen molar-refractivity contribution in [1.82, 2.24) is 4.90 Å². The first-order chi connectivity index (χ1) is 7.85. The summed E-state index contributed by atoms with van der Waals surface area (Å²) < 4.78 is 41.7. The molecule has 4 nitrogen and oxygen atoms in total. The number of hydrogen-bond donors (Lipinski definition) is 1. The van der Waals surface area contributed by atoms with Crippen LogP contribution >= 0.6 is 0 Å². The van der Waals surface area contributed by atoms with Gasteiger partial charge in [-0.2, -0.15) is 13.2 Å².